The predicted molar refractivity (Wildman–Crippen MR) is 130 cm³/mol. The Hall–Kier alpha value is -3.16. The molecule has 1 heterocycles. The highest BCUT2D eigenvalue weighted by molar-refractivity contribution is 6.46. The number of ketones is 1. The van der Waals surface area contributed by atoms with Crippen molar-refractivity contribution >= 4 is 17.4 Å². The molecule has 7 nitrogen and oxygen atoms in total. The Balaban J connectivity index is 2.05. The Bertz CT molecular complexity index is 1030. The van der Waals surface area contributed by atoms with Gasteiger partial charge in [0.2, 0.25) is 0 Å². The number of aliphatic hydroxyl groups is 2. The summed E-state index contributed by atoms with van der Waals surface area (Å²) in [6, 6.07) is 13.8. The molecule has 182 valence electrons. The minimum absolute atomic E-state index is 0.0415. The topological polar surface area (TPSA) is 96.3 Å². The Morgan fingerprint density at radius 2 is 1.65 bits per heavy atom. The van der Waals surface area contributed by atoms with E-state index in [0.717, 1.165) is 11.1 Å². The van der Waals surface area contributed by atoms with Gasteiger partial charge in [0.25, 0.3) is 11.7 Å². The summed E-state index contributed by atoms with van der Waals surface area (Å²) in [4.78, 5) is 27.5. The van der Waals surface area contributed by atoms with Crippen LogP contribution in [0.2, 0.25) is 0 Å². The smallest absolute Gasteiger partial charge is 0.295 e. The van der Waals surface area contributed by atoms with Crippen molar-refractivity contribution in [2.45, 2.75) is 39.2 Å². The van der Waals surface area contributed by atoms with Gasteiger partial charge >= 0.3 is 0 Å². The number of amides is 1. The van der Waals surface area contributed by atoms with Crippen LogP contribution in [0, 0.1) is 0 Å². The van der Waals surface area contributed by atoms with Crippen LogP contribution in [0.3, 0.4) is 0 Å². The maximum Gasteiger partial charge on any atom is 0.295 e. The number of carbonyl (C=O) groups excluding carboxylic acids is 2. The van der Waals surface area contributed by atoms with Gasteiger partial charge < -0.3 is 24.6 Å². The zero-order valence-electron chi connectivity index (χ0n) is 20.2. The standard InChI is InChI=1S/C27H33NO6/c1-5-34-21-12-8-19(9-13-21)24(30)22-23(18-6-10-20(11-7-18)27(2,3)4)28(26(32)25(22)31)14-16-33-17-15-29/h6-13,23,29-30H,5,14-17H2,1-4H3/b24-22-. The summed E-state index contributed by atoms with van der Waals surface area (Å²) in [5.74, 6) is -1.01. The lowest BCUT2D eigenvalue weighted by atomic mass is 9.85. The Morgan fingerprint density at radius 1 is 1.00 bits per heavy atom. The fourth-order valence-corrected chi connectivity index (χ4v) is 3.98. The first-order valence-electron chi connectivity index (χ1n) is 11.5. The second kappa shape index (κ2) is 10.8. The van der Waals surface area contributed by atoms with Gasteiger partial charge in [0, 0.05) is 12.1 Å². The maximum absolute atomic E-state index is 13.1. The lowest BCUT2D eigenvalue weighted by molar-refractivity contribution is -0.140. The van der Waals surface area contributed by atoms with Crippen LogP contribution in [-0.2, 0) is 19.7 Å². The first kappa shape index (κ1) is 25.5. The van der Waals surface area contributed by atoms with Gasteiger partial charge in [-0.05, 0) is 47.7 Å². The van der Waals surface area contributed by atoms with Crippen LogP contribution < -0.4 is 4.74 Å². The summed E-state index contributed by atoms with van der Waals surface area (Å²) in [5.41, 5.74) is 2.25. The molecule has 2 aromatic rings. The number of carbonyl (C=O) groups is 2. The fraction of sp³-hybridized carbons (Fsp3) is 0.407. The van der Waals surface area contributed by atoms with Crippen molar-refractivity contribution in [3.63, 3.8) is 0 Å². The number of hydrogen-bond donors (Lipinski definition) is 2. The summed E-state index contributed by atoms with van der Waals surface area (Å²) in [7, 11) is 0. The molecule has 2 aromatic carbocycles. The lowest BCUT2D eigenvalue weighted by Gasteiger charge is -2.26. The van der Waals surface area contributed by atoms with E-state index in [1.807, 2.05) is 31.2 Å². The number of aliphatic hydroxyl groups excluding tert-OH is 2. The molecule has 1 amide bonds. The van der Waals surface area contributed by atoms with E-state index in [1.54, 1.807) is 24.3 Å². The minimum Gasteiger partial charge on any atom is -0.507 e. The van der Waals surface area contributed by atoms with Gasteiger partial charge in [-0.1, -0.05) is 45.0 Å². The van der Waals surface area contributed by atoms with Gasteiger partial charge in [-0.3, -0.25) is 9.59 Å². The second-order valence-corrected chi connectivity index (χ2v) is 9.16. The number of Topliss-reactive ketones (excluding diaryl/α,β-unsaturated/α-hetero) is 1. The van der Waals surface area contributed by atoms with E-state index in [0.29, 0.717) is 17.9 Å². The average molecular weight is 468 g/mol. The summed E-state index contributed by atoms with van der Waals surface area (Å²) < 4.78 is 10.8. The predicted octanol–water partition coefficient (Wildman–Crippen LogP) is 3.81. The number of benzene rings is 2. The normalized spacial score (nSPS) is 17.9. The molecule has 34 heavy (non-hydrogen) atoms. The molecule has 1 aliphatic heterocycles. The Labute approximate surface area is 200 Å². The van der Waals surface area contributed by atoms with Crippen molar-refractivity contribution in [2.75, 3.05) is 33.0 Å². The van der Waals surface area contributed by atoms with E-state index in [9.17, 15) is 14.7 Å². The zero-order valence-corrected chi connectivity index (χ0v) is 20.2. The monoisotopic (exact) mass is 467 g/mol. The molecule has 1 unspecified atom stereocenters. The number of hydrogen-bond acceptors (Lipinski definition) is 6. The first-order valence-corrected chi connectivity index (χ1v) is 11.5. The van der Waals surface area contributed by atoms with Crippen molar-refractivity contribution in [2.24, 2.45) is 0 Å². The van der Waals surface area contributed by atoms with Crippen LogP contribution in [0.25, 0.3) is 5.76 Å². The van der Waals surface area contributed by atoms with E-state index in [4.69, 9.17) is 14.6 Å². The number of ether oxygens (including phenoxy) is 2. The molecule has 1 aliphatic rings. The van der Waals surface area contributed by atoms with Crippen molar-refractivity contribution in [3.05, 3.63) is 70.8 Å². The van der Waals surface area contributed by atoms with E-state index in [1.165, 1.54) is 4.90 Å². The molecule has 3 rings (SSSR count). The average Bonchev–Trinajstić information content (AvgIpc) is 3.06. The molecule has 0 aliphatic carbocycles. The molecule has 1 saturated heterocycles. The van der Waals surface area contributed by atoms with E-state index < -0.39 is 17.7 Å². The molecule has 2 N–H and O–H groups in total. The molecular formula is C27H33NO6. The highest BCUT2D eigenvalue weighted by atomic mass is 16.5. The van der Waals surface area contributed by atoms with E-state index in [-0.39, 0.29) is 43.1 Å². The van der Waals surface area contributed by atoms with Crippen LogP contribution >= 0.6 is 0 Å². The molecule has 0 aromatic heterocycles. The highest BCUT2D eigenvalue weighted by Gasteiger charge is 2.45. The summed E-state index contributed by atoms with van der Waals surface area (Å²) in [5, 5.41) is 20.1. The van der Waals surface area contributed by atoms with Crippen LogP contribution in [0.5, 0.6) is 5.75 Å². The molecule has 1 fully saturated rings. The van der Waals surface area contributed by atoms with Gasteiger partial charge in [-0.25, -0.2) is 0 Å². The largest absolute Gasteiger partial charge is 0.507 e. The third-order valence-corrected chi connectivity index (χ3v) is 5.78. The van der Waals surface area contributed by atoms with Gasteiger partial charge in [0.05, 0.1) is 38.0 Å². The second-order valence-electron chi connectivity index (χ2n) is 9.16. The minimum atomic E-state index is -0.752. The lowest BCUT2D eigenvalue weighted by Crippen LogP contribution is -2.33. The van der Waals surface area contributed by atoms with Crippen molar-refractivity contribution in [3.8, 4) is 5.75 Å². The Kier molecular flexibility index (Phi) is 8.12. The first-order chi connectivity index (χ1) is 16.2. The van der Waals surface area contributed by atoms with E-state index >= 15 is 0 Å². The molecule has 1 atom stereocenters. The molecule has 0 spiro atoms. The molecule has 0 bridgehead atoms. The van der Waals surface area contributed by atoms with Gasteiger partial charge in [0.15, 0.2) is 0 Å². The zero-order chi connectivity index (χ0) is 24.9. The maximum atomic E-state index is 13.1. The van der Waals surface area contributed by atoms with Crippen LogP contribution in [0.15, 0.2) is 54.1 Å². The molecular weight excluding hydrogens is 434 g/mol. The highest BCUT2D eigenvalue weighted by Crippen LogP contribution is 2.40. The van der Waals surface area contributed by atoms with Gasteiger partial charge in [-0.2, -0.15) is 0 Å². The van der Waals surface area contributed by atoms with Crippen LogP contribution in [0.1, 0.15) is 50.4 Å². The number of nitrogens with zero attached hydrogens (tertiary/aromatic N) is 1. The Morgan fingerprint density at radius 3 is 2.21 bits per heavy atom. The van der Waals surface area contributed by atoms with Crippen molar-refractivity contribution in [1.82, 2.24) is 4.90 Å². The molecule has 0 saturated carbocycles. The van der Waals surface area contributed by atoms with Gasteiger partial charge in [-0.15, -0.1) is 0 Å². The van der Waals surface area contributed by atoms with Crippen molar-refractivity contribution < 1.29 is 29.3 Å². The van der Waals surface area contributed by atoms with E-state index in [2.05, 4.69) is 20.8 Å². The number of rotatable bonds is 9. The van der Waals surface area contributed by atoms with Crippen molar-refractivity contribution in [1.29, 1.82) is 0 Å². The summed E-state index contributed by atoms with van der Waals surface area (Å²) >= 11 is 0. The SMILES string of the molecule is CCOc1ccc(/C(O)=C2/C(=O)C(=O)N(CCOCCO)C2c2ccc(C(C)(C)C)cc2)cc1. The quantitative estimate of drug-likeness (QED) is 0.252. The summed E-state index contributed by atoms with van der Waals surface area (Å²) in [6.07, 6.45) is 0. The summed E-state index contributed by atoms with van der Waals surface area (Å²) in [6.45, 7) is 9.04. The molecule has 0 radical (unpaired) electrons. The third-order valence-electron chi connectivity index (χ3n) is 5.78. The molecule has 7 heteroatoms. The van der Waals surface area contributed by atoms with Gasteiger partial charge in [0.1, 0.15) is 11.5 Å². The van der Waals surface area contributed by atoms with Crippen LogP contribution in [0.4, 0.5) is 0 Å². The fourth-order valence-electron chi connectivity index (χ4n) is 3.98. The van der Waals surface area contributed by atoms with Crippen LogP contribution in [-0.4, -0.2) is 59.8 Å². The number of likely N-dealkylation sites (tertiary alicyclic amines) is 1. The third kappa shape index (κ3) is 5.48.